The fourth-order valence-corrected chi connectivity index (χ4v) is 5.19. The lowest BCUT2D eigenvalue weighted by atomic mass is 9.74. The topological polar surface area (TPSA) is 12.0 Å². The monoisotopic (exact) mass is 287 g/mol. The molecule has 1 nitrogen and oxygen atoms in total. The maximum atomic E-state index is 13.3. The Morgan fingerprint density at radius 2 is 2.00 bits per heavy atom. The summed E-state index contributed by atoms with van der Waals surface area (Å²) in [5, 5.41) is 3.86. The lowest BCUT2D eigenvalue weighted by Crippen LogP contribution is -2.48. The zero-order chi connectivity index (χ0) is 14.4. The van der Waals surface area contributed by atoms with Gasteiger partial charge < -0.3 is 5.32 Å². The van der Waals surface area contributed by atoms with Crippen LogP contribution in [0.5, 0.6) is 0 Å². The van der Waals surface area contributed by atoms with Crippen molar-refractivity contribution in [3.05, 3.63) is 35.6 Å². The second kappa shape index (κ2) is 5.39. The van der Waals surface area contributed by atoms with Crippen LogP contribution in [-0.4, -0.2) is 12.1 Å². The molecular weight excluding hydrogens is 261 g/mol. The van der Waals surface area contributed by atoms with Gasteiger partial charge >= 0.3 is 0 Å². The van der Waals surface area contributed by atoms with Crippen LogP contribution in [0.3, 0.4) is 0 Å². The third-order valence-electron chi connectivity index (χ3n) is 6.39. The van der Waals surface area contributed by atoms with E-state index in [4.69, 9.17) is 0 Å². The van der Waals surface area contributed by atoms with E-state index < -0.39 is 0 Å². The predicted molar refractivity (Wildman–Crippen MR) is 83.7 cm³/mol. The van der Waals surface area contributed by atoms with Crippen molar-refractivity contribution in [3.8, 4) is 0 Å². The van der Waals surface area contributed by atoms with Crippen LogP contribution in [0.25, 0.3) is 0 Å². The van der Waals surface area contributed by atoms with E-state index in [0.29, 0.717) is 18.0 Å². The molecule has 4 unspecified atom stereocenters. The summed E-state index contributed by atoms with van der Waals surface area (Å²) in [5.74, 6) is 3.41. The van der Waals surface area contributed by atoms with Crippen LogP contribution < -0.4 is 5.32 Å². The van der Waals surface area contributed by atoms with Gasteiger partial charge in [-0.1, -0.05) is 18.6 Å². The van der Waals surface area contributed by atoms with Crippen LogP contribution in [0.1, 0.15) is 56.9 Å². The zero-order valence-corrected chi connectivity index (χ0v) is 12.9. The van der Waals surface area contributed by atoms with Gasteiger partial charge in [-0.15, -0.1) is 0 Å². The van der Waals surface area contributed by atoms with Crippen molar-refractivity contribution in [1.29, 1.82) is 0 Å². The minimum atomic E-state index is -0.0979. The second-order valence-corrected chi connectivity index (χ2v) is 7.71. The Hall–Kier alpha value is -0.890. The molecule has 3 aliphatic carbocycles. The Balaban J connectivity index is 1.28. The maximum absolute atomic E-state index is 13.3. The van der Waals surface area contributed by atoms with E-state index >= 15 is 0 Å². The molecule has 2 bridgehead atoms. The Morgan fingerprint density at radius 1 is 1.14 bits per heavy atom. The number of benzene rings is 1. The standard InChI is InChI=1S/C19H26FN/c1-12(19-8-13-5-6-15(19)7-13)21-18-10-16(11-18)14-3-2-4-17(20)9-14/h2-4,9,12-13,15-16,18-19,21H,5-8,10-11H2,1H3. The van der Waals surface area contributed by atoms with Gasteiger partial charge in [0.1, 0.15) is 5.82 Å². The average molecular weight is 287 g/mol. The van der Waals surface area contributed by atoms with Crippen molar-refractivity contribution >= 4 is 0 Å². The summed E-state index contributed by atoms with van der Waals surface area (Å²) in [6.45, 7) is 2.39. The number of rotatable bonds is 4. The SMILES string of the molecule is CC(NC1CC(c2cccc(F)c2)C1)C1CC2CCC1C2. The van der Waals surface area contributed by atoms with Crippen LogP contribution in [0.2, 0.25) is 0 Å². The molecular formula is C19H26FN. The molecule has 0 amide bonds. The largest absolute Gasteiger partial charge is 0.311 e. The maximum Gasteiger partial charge on any atom is 0.123 e. The second-order valence-electron chi connectivity index (χ2n) is 7.71. The number of nitrogens with one attached hydrogen (secondary N) is 1. The smallest absolute Gasteiger partial charge is 0.123 e. The summed E-state index contributed by atoms with van der Waals surface area (Å²) in [6.07, 6.45) is 8.26. The van der Waals surface area contributed by atoms with Gasteiger partial charge in [-0.25, -0.2) is 4.39 Å². The molecule has 1 aromatic carbocycles. The van der Waals surface area contributed by atoms with Gasteiger partial charge in [0, 0.05) is 12.1 Å². The molecule has 0 aromatic heterocycles. The Morgan fingerprint density at radius 3 is 2.67 bits per heavy atom. The molecule has 4 atom stereocenters. The molecule has 21 heavy (non-hydrogen) atoms. The Kier molecular flexibility index (Phi) is 3.53. The van der Waals surface area contributed by atoms with E-state index in [9.17, 15) is 4.39 Å². The van der Waals surface area contributed by atoms with Crippen molar-refractivity contribution in [2.75, 3.05) is 0 Å². The molecule has 2 heteroatoms. The highest BCUT2D eigenvalue weighted by Crippen LogP contribution is 2.50. The summed E-state index contributed by atoms with van der Waals surface area (Å²) in [4.78, 5) is 0. The minimum absolute atomic E-state index is 0.0979. The lowest BCUT2D eigenvalue weighted by Gasteiger charge is -2.40. The summed E-state index contributed by atoms with van der Waals surface area (Å²) in [7, 11) is 0. The van der Waals surface area contributed by atoms with Gasteiger partial charge in [-0.2, -0.15) is 0 Å². The molecule has 0 heterocycles. The highest BCUT2D eigenvalue weighted by molar-refractivity contribution is 5.23. The third-order valence-corrected chi connectivity index (χ3v) is 6.39. The first-order chi connectivity index (χ1) is 10.2. The van der Waals surface area contributed by atoms with Crippen molar-refractivity contribution in [1.82, 2.24) is 5.32 Å². The first-order valence-electron chi connectivity index (χ1n) is 8.70. The van der Waals surface area contributed by atoms with Gasteiger partial charge in [0.25, 0.3) is 0 Å². The first kappa shape index (κ1) is 13.8. The van der Waals surface area contributed by atoms with Gasteiger partial charge in [0.15, 0.2) is 0 Å². The van der Waals surface area contributed by atoms with Crippen molar-refractivity contribution in [2.45, 2.75) is 63.5 Å². The molecule has 3 saturated carbocycles. The van der Waals surface area contributed by atoms with E-state index in [0.717, 1.165) is 17.8 Å². The summed E-state index contributed by atoms with van der Waals surface area (Å²) >= 11 is 0. The van der Waals surface area contributed by atoms with E-state index in [1.54, 1.807) is 6.07 Å². The molecule has 0 radical (unpaired) electrons. The summed E-state index contributed by atoms with van der Waals surface area (Å²) in [6, 6.07) is 8.47. The van der Waals surface area contributed by atoms with Crippen LogP contribution in [0, 0.1) is 23.6 Å². The molecule has 0 spiro atoms. The van der Waals surface area contributed by atoms with Crippen LogP contribution >= 0.6 is 0 Å². The minimum Gasteiger partial charge on any atom is -0.311 e. The summed E-state index contributed by atoms with van der Waals surface area (Å²) in [5.41, 5.74) is 1.18. The van der Waals surface area contributed by atoms with E-state index in [1.807, 2.05) is 6.07 Å². The normalized spacial score (nSPS) is 39.2. The summed E-state index contributed by atoms with van der Waals surface area (Å²) < 4.78 is 13.3. The van der Waals surface area contributed by atoms with Gasteiger partial charge in [0.2, 0.25) is 0 Å². The Labute approximate surface area is 127 Å². The first-order valence-corrected chi connectivity index (χ1v) is 8.70. The van der Waals surface area contributed by atoms with Crippen molar-refractivity contribution in [3.63, 3.8) is 0 Å². The molecule has 114 valence electrons. The molecule has 3 fully saturated rings. The quantitative estimate of drug-likeness (QED) is 0.860. The van der Waals surface area contributed by atoms with Crippen LogP contribution in [0.15, 0.2) is 24.3 Å². The fraction of sp³-hybridized carbons (Fsp3) is 0.684. The average Bonchev–Trinajstić information content (AvgIpc) is 3.04. The molecule has 4 rings (SSSR count). The number of hydrogen-bond acceptors (Lipinski definition) is 1. The zero-order valence-electron chi connectivity index (χ0n) is 12.9. The van der Waals surface area contributed by atoms with Gasteiger partial charge in [-0.05, 0) is 80.4 Å². The van der Waals surface area contributed by atoms with E-state index in [1.165, 1.54) is 50.2 Å². The van der Waals surface area contributed by atoms with Crippen LogP contribution in [-0.2, 0) is 0 Å². The van der Waals surface area contributed by atoms with Gasteiger partial charge in [0.05, 0.1) is 0 Å². The lowest BCUT2D eigenvalue weighted by molar-refractivity contribution is 0.200. The van der Waals surface area contributed by atoms with Crippen LogP contribution in [0.4, 0.5) is 4.39 Å². The van der Waals surface area contributed by atoms with Gasteiger partial charge in [-0.3, -0.25) is 0 Å². The van der Waals surface area contributed by atoms with Crippen molar-refractivity contribution in [2.24, 2.45) is 17.8 Å². The fourth-order valence-electron chi connectivity index (χ4n) is 5.19. The molecule has 1 N–H and O–H groups in total. The number of hydrogen-bond donors (Lipinski definition) is 1. The predicted octanol–water partition coefficient (Wildman–Crippen LogP) is 4.49. The third kappa shape index (κ3) is 2.63. The molecule has 0 saturated heterocycles. The highest BCUT2D eigenvalue weighted by Gasteiger charge is 2.43. The van der Waals surface area contributed by atoms with E-state index in [2.05, 4.69) is 18.3 Å². The molecule has 3 aliphatic rings. The van der Waals surface area contributed by atoms with Crippen molar-refractivity contribution < 1.29 is 4.39 Å². The van der Waals surface area contributed by atoms with E-state index in [-0.39, 0.29) is 5.82 Å². The number of halogens is 1. The highest BCUT2D eigenvalue weighted by atomic mass is 19.1. The molecule has 0 aliphatic heterocycles. The Bertz CT molecular complexity index is 508. The number of fused-ring (bicyclic) bond motifs is 2. The molecule has 1 aromatic rings.